The van der Waals surface area contributed by atoms with Crippen LogP contribution in [0.3, 0.4) is 0 Å². The molecule has 1 aromatic heterocycles. The zero-order chi connectivity index (χ0) is 15.7. The summed E-state index contributed by atoms with van der Waals surface area (Å²) >= 11 is 0. The smallest absolute Gasteiger partial charge is 0.457 e. The van der Waals surface area contributed by atoms with Crippen LogP contribution in [-0.2, 0) is 0 Å². The molecule has 0 spiro atoms. The van der Waals surface area contributed by atoms with Crippen LogP contribution in [0.4, 0.5) is 0 Å². The third-order valence-corrected chi connectivity index (χ3v) is 3.61. The molecule has 0 amide bonds. The molecule has 0 aliphatic carbocycles. The molecule has 0 aliphatic heterocycles. The molecule has 22 heavy (non-hydrogen) atoms. The van der Waals surface area contributed by atoms with Gasteiger partial charge in [0.15, 0.2) is 0 Å². The van der Waals surface area contributed by atoms with E-state index in [1.807, 2.05) is 30.3 Å². The molecule has 0 saturated carbocycles. The molecule has 3 nitrogen and oxygen atoms in total. The van der Waals surface area contributed by atoms with Crippen LogP contribution in [0.15, 0.2) is 59.5 Å². The third-order valence-electron chi connectivity index (χ3n) is 3.61. The summed E-state index contributed by atoms with van der Waals surface area (Å²) in [7, 11) is -1.46. The highest BCUT2D eigenvalue weighted by Gasteiger charge is 2.10. The number of rotatable bonds is 3. The molecule has 0 aliphatic rings. The maximum absolute atomic E-state index is 9.12. The average molecular weight is 290 g/mol. The van der Waals surface area contributed by atoms with Gasteiger partial charge in [-0.05, 0) is 28.7 Å². The number of fused-ring (bicyclic) bond motifs is 1. The fraction of sp³-hybridized carbons (Fsp3) is 0. The van der Waals surface area contributed by atoms with Gasteiger partial charge >= 0.3 is 7.12 Å². The van der Waals surface area contributed by atoms with Gasteiger partial charge in [-0.15, -0.1) is 0 Å². The zero-order valence-corrected chi connectivity index (χ0v) is 12.0. The van der Waals surface area contributed by atoms with E-state index in [4.69, 9.17) is 14.5 Å². The van der Waals surface area contributed by atoms with Crippen LogP contribution in [0.5, 0.6) is 0 Å². The number of benzene rings is 2. The van der Waals surface area contributed by atoms with Crippen LogP contribution in [-0.4, -0.2) is 17.2 Å². The Kier molecular flexibility index (Phi) is 3.71. The van der Waals surface area contributed by atoms with Crippen LogP contribution >= 0.6 is 0 Å². The van der Waals surface area contributed by atoms with Gasteiger partial charge < -0.3 is 14.5 Å². The molecule has 1 heterocycles. The van der Waals surface area contributed by atoms with E-state index in [2.05, 4.69) is 13.2 Å². The van der Waals surface area contributed by atoms with Gasteiger partial charge in [0.2, 0.25) is 0 Å². The molecule has 108 valence electrons. The van der Waals surface area contributed by atoms with E-state index in [1.54, 1.807) is 24.3 Å². The van der Waals surface area contributed by atoms with Gasteiger partial charge in [-0.25, -0.2) is 0 Å². The van der Waals surface area contributed by atoms with Gasteiger partial charge in [-0.2, -0.15) is 0 Å². The summed E-state index contributed by atoms with van der Waals surface area (Å²) < 4.78 is 5.64. The molecule has 0 bridgehead atoms. The fourth-order valence-electron chi connectivity index (χ4n) is 2.40. The zero-order valence-electron chi connectivity index (χ0n) is 12.0. The van der Waals surface area contributed by atoms with E-state index in [9.17, 15) is 0 Å². The Morgan fingerprint density at radius 1 is 1.05 bits per heavy atom. The first-order valence-electron chi connectivity index (χ1n) is 6.90. The van der Waals surface area contributed by atoms with E-state index in [1.165, 1.54) is 0 Å². The maximum Gasteiger partial charge on any atom is 0.488 e. The quantitative estimate of drug-likeness (QED) is 0.708. The Balaban J connectivity index is 2.05. The predicted octanol–water partition coefficient (Wildman–Crippen LogP) is 1.02. The summed E-state index contributed by atoms with van der Waals surface area (Å²) in [4.78, 5) is 0. The number of allylic oxidation sites excluding steroid dienone is 1. The first-order chi connectivity index (χ1) is 10.6. The van der Waals surface area contributed by atoms with Crippen LogP contribution in [0.2, 0.25) is 0 Å². The molecule has 2 N–H and O–H groups in total. The van der Waals surface area contributed by atoms with Gasteiger partial charge in [0.1, 0.15) is 11.0 Å². The summed E-state index contributed by atoms with van der Waals surface area (Å²) in [5.41, 5.74) is 3.54. The summed E-state index contributed by atoms with van der Waals surface area (Å²) in [6, 6.07) is 14.7. The second kappa shape index (κ2) is 5.68. The molecular formula is C18H15BO3. The molecule has 0 unspecified atom stereocenters. The molecule has 4 heteroatoms. The Bertz CT molecular complexity index is 937. The van der Waals surface area contributed by atoms with Crippen LogP contribution in [0.1, 0.15) is 5.56 Å². The lowest BCUT2D eigenvalue weighted by molar-refractivity contribution is 0.426. The Hall–Kier alpha value is -2.56. The van der Waals surface area contributed by atoms with Gasteiger partial charge in [0.05, 0.1) is 0 Å². The Morgan fingerprint density at radius 3 is 2.41 bits per heavy atom. The van der Waals surface area contributed by atoms with Crippen molar-refractivity contribution < 1.29 is 14.5 Å². The lowest BCUT2D eigenvalue weighted by Gasteiger charge is -2.03. The SMILES string of the molecule is C=C(/C=c1\c(=C)oc2ccccc12)c1ccc(B(O)O)cc1. The maximum atomic E-state index is 9.12. The van der Waals surface area contributed by atoms with Crippen molar-refractivity contribution in [3.05, 3.63) is 71.3 Å². The minimum Gasteiger partial charge on any atom is -0.457 e. The van der Waals surface area contributed by atoms with E-state index < -0.39 is 7.12 Å². The number of para-hydroxylation sites is 1. The normalized spacial score (nSPS) is 11.8. The first-order valence-corrected chi connectivity index (χ1v) is 6.90. The van der Waals surface area contributed by atoms with Crippen molar-refractivity contribution in [3.63, 3.8) is 0 Å². The summed E-state index contributed by atoms with van der Waals surface area (Å²) in [5, 5.41) is 20.1. The van der Waals surface area contributed by atoms with Gasteiger partial charge in [0.25, 0.3) is 0 Å². The molecule has 0 atom stereocenters. The van der Waals surface area contributed by atoms with Crippen molar-refractivity contribution >= 4 is 41.8 Å². The van der Waals surface area contributed by atoms with Crippen molar-refractivity contribution in [2.24, 2.45) is 0 Å². The van der Waals surface area contributed by atoms with Gasteiger partial charge in [-0.3, -0.25) is 0 Å². The van der Waals surface area contributed by atoms with Crippen LogP contribution in [0, 0.1) is 0 Å². The highest BCUT2D eigenvalue weighted by atomic mass is 16.4. The van der Waals surface area contributed by atoms with Gasteiger partial charge in [0, 0.05) is 10.6 Å². The highest BCUT2D eigenvalue weighted by molar-refractivity contribution is 6.58. The third kappa shape index (κ3) is 2.62. The Labute approximate surface area is 128 Å². The molecule has 0 fully saturated rings. The van der Waals surface area contributed by atoms with E-state index in [-0.39, 0.29) is 0 Å². The number of furan rings is 1. The molecule has 0 saturated heterocycles. The second-order valence-corrected chi connectivity index (χ2v) is 5.10. The van der Waals surface area contributed by atoms with Crippen molar-refractivity contribution in [2.45, 2.75) is 0 Å². The van der Waals surface area contributed by atoms with Crippen LogP contribution < -0.4 is 16.1 Å². The first kappa shape index (κ1) is 14.4. The van der Waals surface area contributed by atoms with Gasteiger partial charge in [-0.1, -0.05) is 55.6 Å². The standard InChI is InChI=1S/C18H15BO3/c1-12(14-7-9-15(10-8-14)19(20)21)11-17-13(2)22-18-6-4-3-5-16(17)18/h3-11,20-21H,1-2H2/b17-11+. The lowest BCUT2D eigenvalue weighted by atomic mass is 9.80. The molecular weight excluding hydrogens is 275 g/mol. The van der Waals surface area contributed by atoms with E-state index >= 15 is 0 Å². The van der Waals surface area contributed by atoms with E-state index in [0.29, 0.717) is 10.9 Å². The molecule has 3 rings (SSSR count). The highest BCUT2D eigenvalue weighted by Crippen LogP contribution is 2.13. The predicted molar refractivity (Wildman–Crippen MR) is 90.8 cm³/mol. The minimum absolute atomic E-state index is 0.447. The monoisotopic (exact) mass is 290 g/mol. The van der Waals surface area contributed by atoms with Crippen LogP contribution in [0.25, 0.3) is 29.2 Å². The fourth-order valence-corrected chi connectivity index (χ4v) is 2.40. The molecule has 3 aromatic rings. The van der Waals surface area contributed by atoms with Crippen molar-refractivity contribution in [1.29, 1.82) is 0 Å². The largest absolute Gasteiger partial charge is 0.488 e. The van der Waals surface area contributed by atoms with E-state index in [0.717, 1.165) is 27.3 Å². The van der Waals surface area contributed by atoms with Crippen molar-refractivity contribution in [3.8, 4) is 0 Å². The summed E-state index contributed by atoms with van der Waals surface area (Å²) in [6.07, 6.45) is 1.93. The minimum atomic E-state index is -1.46. The van der Waals surface area contributed by atoms with Crippen molar-refractivity contribution in [1.82, 2.24) is 0 Å². The summed E-state index contributed by atoms with van der Waals surface area (Å²) in [5.74, 6) is 0. The lowest BCUT2D eigenvalue weighted by Crippen LogP contribution is -2.29. The molecule has 2 aromatic carbocycles. The van der Waals surface area contributed by atoms with Crippen molar-refractivity contribution in [2.75, 3.05) is 0 Å². The molecule has 0 radical (unpaired) electrons. The summed E-state index contributed by atoms with van der Waals surface area (Å²) in [6.45, 7) is 8.01. The second-order valence-electron chi connectivity index (χ2n) is 5.10. The Morgan fingerprint density at radius 2 is 1.73 bits per heavy atom. The number of hydrogen-bond acceptors (Lipinski definition) is 3. The topological polar surface area (TPSA) is 53.6 Å². The average Bonchev–Trinajstić information content (AvgIpc) is 2.83. The number of hydrogen-bond donors (Lipinski definition) is 2.